The van der Waals surface area contributed by atoms with Gasteiger partial charge in [-0.25, -0.2) is 4.79 Å². The lowest BCUT2D eigenvalue weighted by Gasteiger charge is -2.21. The molecule has 0 fully saturated rings. The molecule has 0 aromatic rings. The second-order valence-corrected chi connectivity index (χ2v) is 2.80. The van der Waals surface area contributed by atoms with Crippen LogP contribution >= 0.6 is 0 Å². The van der Waals surface area contributed by atoms with Gasteiger partial charge in [-0.2, -0.15) is 0 Å². The maximum atomic E-state index is 11.2. The van der Waals surface area contributed by atoms with Gasteiger partial charge in [0.1, 0.15) is 6.61 Å². The highest BCUT2D eigenvalue weighted by Crippen LogP contribution is 2.24. The summed E-state index contributed by atoms with van der Waals surface area (Å²) < 4.78 is 8.98. The summed E-state index contributed by atoms with van der Waals surface area (Å²) in [5, 5.41) is 36.3. The van der Waals surface area contributed by atoms with Crippen LogP contribution in [0.15, 0.2) is 35.9 Å². The summed E-state index contributed by atoms with van der Waals surface area (Å²) in [4.78, 5) is 11.2. The monoisotopic (exact) mass is 230 g/mol. The van der Waals surface area contributed by atoms with E-state index in [1.807, 2.05) is 0 Å². The van der Waals surface area contributed by atoms with Gasteiger partial charge in [0.15, 0.2) is 5.76 Å². The van der Waals surface area contributed by atoms with Gasteiger partial charge in [0.2, 0.25) is 11.5 Å². The molecule has 0 aromatic heterocycles. The van der Waals surface area contributed by atoms with Crippen molar-refractivity contribution >= 4 is 5.97 Å². The van der Waals surface area contributed by atoms with Crippen LogP contribution in [0.1, 0.15) is 0 Å². The molecule has 4 N–H and O–H groups in total. The summed E-state index contributed by atoms with van der Waals surface area (Å²) in [7, 11) is 0. The normalized spacial score (nSPS) is 20.4. The number of ether oxygens (including phenoxy) is 2. The van der Waals surface area contributed by atoms with Crippen LogP contribution < -0.4 is 0 Å². The number of hydrogen-bond acceptors (Lipinski definition) is 7. The van der Waals surface area contributed by atoms with Crippen LogP contribution in [0.3, 0.4) is 0 Å². The van der Waals surface area contributed by atoms with Crippen LogP contribution in [0.5, 0.6) is 0 Å². The van der Waals surface area contributed by atoms with Gasteiger partial charge >= 0.3 is 11.9 Å². The van der Waals surface area contributed by atoms with Gasteiger partial charge < -0.3 is 29.9 Å². The number of aliphatic hydroxyl groups excluding tert-OH is 4. The van der Waals surface area contributed by atoms with Crippen molar-refractivity contribution in [1.29, 1.82) is 0 Å². The van der Waals surface area contributed by atoms with E-state index in [9.17, 15) is 9.90 Å². The molecule has 0 saturated heterocycles. The molecule has 1 heterocycles. The maximum Gasteiger partial charge on any atom is 0.356 e. The summed E-state index contributed by atoms with van der Waals surface area (Å²) in [6.07, 6.45) is -0.426. The lowest BCUT2D eigenvalue weighted by atomic mass is 10.2. The largest absolute Gasteiger partial charge is 0.505 e. The number of carbonyl (C=O) groups is 1. The van der Waals surface area contributed by atoms with Crippen molar-refractivity contribution in [1.82, 2.24) is 0 Å². The van der Waals surface area contributed by atoms with E-state index in [1.165, 1.54) is 6.08 Å². The zero-order valence-electron chi connectivity index (χ0n) is 8.08. The fraction of sp³-hybridized carbons (Fsp3) is 0.222. The molecule has 0 saturated carbocycles. The molecule has 1 rings (SSSR count). The van der Waals surface area contributed by atoms with Crippen LogP contribution in [-0.4, -0.2) is 39.1 Å². The highest BCUT2D eigenvalue weighted by molar-refractivity contribution is 5.78. The third-order valence-corrected chi connectivity index (χ3v) is 1.70. The Bertz CT molecular complexity index is 379. The minimum absolute atomic E-state index is 0.122. The molecule has 0 unspecified atom stereocenters. The first-order valence-corrected chi connectivity index (χ1v) is 4.18. The van der Waals surface area contributed by atoms with Crippen LogP contribution in [0.4, 0.5) is 0 Å². The quantitative estimate of drug-likeness (QED) is 0.417. The van der Waals surface area contributed by atoms with E-state index < -0.39 is 35.3 Å². The molecule has 0 radical (unpaired) electrons. The fourth-order valence-corrected chi connectivity index (χ4v) is 0.947. The minimum Gasteiger partial charge on any atom is -0.505 e. The Labute approximate surface area is 90.1 Å². The van der Waals surface area contributed by atoms with E-state index >= 15 is 0 Å². The van der Waals surface area contributed by atoms with Gasteiger partial charge in [0.05, 0.1) is 0 Å². The van der Waals surface area contributed by atoms with Gasteiger partial charge in [-0.3, -0.25) is 0 Å². The first-order chi connectivity index (χ1) is 7.49. The number of rotatable bonds is 3. The zero-order valence-corrected chi connectivity index (χ0v) is 8.08. The molecule has 0 aromatic carbocycles. The Balaban J connectivity index is 2.87. The Morgan fingerprint density at radius 2 is 2.00 bits per heavy atom. The first-order valence-electron chi connectivity index (χ1n) is 4.18. The third kappa shape index (κ3) is 2.02. The average molecular weight is 230 g/mol. The molecule has 0 bridgehead atoms. The Morgan fingerprint density at radius 1 is 1.38 bits per heavy atom. The summed E-state index contributed by atoms with van der Waals surface area (Å²) >= 11 is 0. The van der Waals surface area contributed by atoms with Gasteiger partial charge in [0.25, 0.3) is 6.10 Å². The fourth-order valence-electron chi connectivity index (χ4n) is 0.947. The SMILES string of the molecule is C=CCOC(=O)[C@H]1OC(O)=C(O)C(O)=C1O. The molecular formula is C9H10O7. The second-order valence-electron chi connectivity index (χ2n) is 2.80. The van der Waals surface area contributed by atoms with Gasteiger partial charge in [-0.05, 0) is 0 Å². The van der Waals surface area contributed by atoms with Gasteiger partial charge in [0, 0.05) is 0 Å². The van der Waals surface area contributed by atoms with E-state index in [2.05, 4.69) is 16.1 Å². The van der Waals surface area contributed by atoms with Crippen molar-refractivity contribution in [3.63, 3.8) is 0 Å². The van der Waals surface area contributed by atoms with Crippen molar-refractivity contribution in [2.45, 2.75) is 6.10 Å². The van der Waals surface area contributed by atoms with Crippen LogP contribution in [0.2, 0.25) is 0 Å². The van der Waals surface area contributed by atoms with E-state index in [1.54, 1.807) is 0 Å². The van der Waals surface area contributed by atoms with Crippen molar-refractivity contribution in [3.05, 3.63) is 35.9 Å². The summed E-state index contributed by atoms with van der Waals surface area (Å²) in [5.74, 6) is -5.14. The maximum absolute atomic E-state index is 11.2. The Kier molecular flexibility index (Phi) is 3.29. The second kappa shape index (κ2) is 4.47. The van der Waals surface area contributed by atoms with Crippen molar-refractivity contribution in [3.8, 4) is 0 Å². The first kappa shape index (κ1) is 11.8. The zero-order chi connectivity index (χ0) is 12.3. The molecule has 7 nitrogen and oxygen atoms in total. The molecule has 16 heavy (non-hydrogen) atoms. The van der Waals surface area contributed by atoms with Gasteiger partial charge in [-0.1, -0.05) is 12.7 Å². The molecule has 1 aliphatic heterocycles. The number of hydrogen-bond donors (Lipinski definition) is 4. The van der Waals surface area contributed by atoms with Crippen LogP contribution in [0.25, 0.3) is 0 Å². The highest BCUT2D eigenvalue weighted by atomic mass is 16.6. The summed E-state index contributed by atoms with van der Waals surface area (Å²) in [6.45, 7) is 3.18. The van der Waals surface area contributed by atoms with Crippen LogP contribution in [0, 0.1) is 0 Å². The number of aliphatic hydroxyl groups is 4. The van der Waals surface area contributed by atoms with Gasteiger partial charge in [-0.15, -0.1) is 0 Å². The molecule has 0 amide bonds. The smallest absolute Gasteiger partial charge is 0.356 e. The standard InChI is InChI=1S/C9H10O7/c1-2-3-15-9(14)7-5(11)4(10)6(12)8(13)16-7/h2,7,10-13H,1,3H2/t7-/m0/s1. The predicted octanol–water partition coefficient (Wildman–Crippen LogP) is 0.727. The van der Waals surface area contributed by atoms with E-state index in [-0.39, 0.29) is 6.61 Å². The summed E-state index contributed by atoms with van der Waals surface area (Å²) in [6, 6.07) is 0. The van der Waals surface area contributed by atoms with E-state index in [4.69, 9.17) is 15.3 Å². The highest BCUT2D eigenvalue weighted by Gasteiger charge is 2.37. The lowest BCUT2D eigenvalue weighted by Crippen LogP contribution is -2.32. The third-order valence-electron chi connectivity index (χ3n) is 1.70. The summed E-state index contributed by atoms with van der Waals surface area (Å²) in [5.41, 5.74) is 0. The topological polar surface area (TPSA) is 116 Å². The molecule has 1 atom stereocenters. The van der Waals surface area contributed by atoms with E-state index in [0.29, 0.717) is 0 Å². The van der Waals surface area contributed by atoms with E-state index in [0.717, 1.165) is 0 Å². The Hall–Kier alpha value is -2.31. The van der Waals surface area contributed by atoms with Crippen molar-refractivity contribution in [2.24, 2.45) is 0 Å². The lowest BCUT2D eigenvalue weighted by molar-refractivity contribution is -0.156. The molecule has 7 heteroatoms. The average Bonchev–Trinajstić information content (AvgIpc) is 2.28. The Morgan fingerprint density at radius 3 is 2.56 bits per heavy atom. The number of carbonyl (C=O) groups excluding carboxylic acids is 1. The molecular weight excluding hydrogens is 220 g/mol. The molecule has 0 aliphatic carbocycles. The predicted molar refractivity (Wildman–Crippen MR) is 50.6 cm³/mol. The van der Waals surface area contributed by atoms with Crippen LogP contribution in [-0.2, 0) is 14.3 Å². The molecule has 1 aliphatic rings. The number of esters is 1. The molecule has 88 valence electrons. The van der Waals surface area contributed by atoms with Crippen molar-refractivity contribution < 1.29 is 34.7 Å². The molecule has 0 spiro atoms. The van der Waals surface area contributed by atoms with Crippen molar-refractivity contribution in [2.75, 3.05) is 6.61 Å². The minimum atomic E-state index is -1.71.